The molecule has 2 aromatic rings. The Hall–Kier alpha value is -2.77. The van der Waals surface area contributed by atoms with Crippen molar-refractivity contribution < 1.29 is 14.6 Å². The number of hydrogen-bond donors (Lipinski definition) is 2. The summed E-state index contributed by atoms with van der Waals surface area (Å²) in [7, 11) is 0. The van der Waals surface area contributed by atoms with Gasteiger partial charge in [-0.15, -0.1) is 0 Å². The van der Waals surface area contributed by atoms with E-state index in [1.807, 2.05) is 11.0 Å². The summed E-state index contributed by atoms with van der Waals surface area (Å²) in [6.07, 6.45) is 0. The molecule has 30 heavy (non-hydrogen) atoms. The average molecular weight is 411 g/mol. The molecule has 0 aliphatic carbocycles. The van der Waals surface area contributed by atoms with E-state index in [2.05, 4.69) is 39.4 Å². The first-order valence-electron chi connectivity index (χ1n) is 10.7. The molecule has 2 aliphatic rings. The van der Waals surface area contributed by atoms with Crippen LogP contribution in [0.2, 0.25) is 0 Å². The van der Waals surface area contributed by atoms with E-state index in [0.717, 1.165) is 39.3 Å². The predicted molar refractivity (Wildman–Crippen MR) is 118 cm³/mol. The Kier molecular flexibility index (Phi) is 6.71. The summed E-state index contributed by atoms with van der Waals surface area (Å²) in [4.78, 5) is 19.6. The van der Waals surface area contributed by atoms with Crippen LogP contribution in [0.1, 0.15) is 10.4 Å². The van der Waals surface area contributed by atoms with Gasteiger partial charge in [-0.2, -0.15) is 0 Å². The second-order valence-corrected chi connectivity index (χ2v) is 7.73. The van der Waals surface area contributed by atoms with Crippen LogP contribution >= 0.6 is 0 Å². The summed E-state index contributed by atoms with van der Waals surface area (Å²) in [5, 5.41) is 13.3. The molecule has 160 valence electrons. The topological polar surface area (TPSA) is 68.3 Å². The number of piperazine rings is 1. The zero-order valence-corrected chi connectivity index (χ0v) is 17.3. The number of phenolic OH excluding ortho intramolecular Hbond substituents is 1. The summed E-state index contributed by atoms with van der Waals surface area (Å²) in [5.41, 5.74) is 2.57. The number of benzene rings is 2. The monoisotopic (exact) mass is 410 g/mol. The number of amides is 1. The van der Waals surface area contributed by atoms with E-state index in [4.69, 9.17) is 4.74 Å². The highest BCUT2D eigenvalue weighted by molar-refractivity contribution is 6.00. The minimum atomic E-state index is -0.0164. The second-order valence-electron chi connectivity index (χ2n) is 7.73. The molecule has 2 saturated heterocycles. The predicted octanol–water partition coefficient (Wildman–Crippen LogP) is 2.10. The fourth-order valence-electron chi connectivity index (χ4n) is 4.02. The van der Waals surface area contributed by atoms with Crippen molar-refractivity contribution in [2.75, 3.05) is 75.8 Å². The third-order valence-corrected chi connectivity index (χ3v) is 5.77. The summed E-state index contributed by atoms with van der Waals surface area (Å²) in [6, 6.07) is 15.4. The third-order valence-electron chi connectivity index (χ3n) is 5.77. The van der Waals surface area contributed by atoms with Gasteiger partial charge in [0.25, 0.3) is 5.91 Å². The Bertz CT molecular complexity index is 832. The van der Waals surface area contributed by atoms with E-state index in [1.54, 1.807) is 18.2 Å². The van der Waals surface area contributed by atoms with Gasteiger partial charge in [-0.3, -0.25) is 9.69 Å². The molecule has 7 nitrogen and oxygen atoms in total. The van der Waals surface area contributed by atoms with Crippen LogP contribution in [0.15, 0.2) is 48.5 Å². The first-order valence-corrected chi connectivity index (χ1v) is 10.7. The van der Waals surface area contributed by atoms with Crippen LogP contribution in [0.5, 0.6) is 5.75 Å². The van der Waals surface area contributed by atoms with Gasteiger partial charge in [-0.25, -0.2) is 0 Å². The highest BCUT2D eigenvalue weighted by atomic mass is 16.5. The summed E-state index contributed by atoms with van der Waals surface area (Å²) in [6.45, 7) is 8.00. The fraction of sp³-hybridized carbons (Fsp3) is 0.435. The van der Waals surface area contributed by atoms with Crippen LogP contribution in [0.25, 0.3) is 0 Å². The first kappa shape index (κ1) is 20.5. The number of anilines is 2. The maximum Gasteiger partial charge on any atom is 0.256 e. The third kappa shape index (κ3) is 5.04. The number of carbonyl (C=O) groups excluding carboxylic acids is 1. The second kappa shape index (κ2) is 9.82. The number of nitrogens with one attached hydrogen (secondary N) is 1. The van der Waals surface area contributed by atoms with Gasteiger partial charge in [0, 0.05) is 64.1 Å². The molecule has 0 unspecified atom stereocenters. The Labute approximate surface area is 177 Å². The molecule has 2 N–H and O–H groups in total. The van der Waals surface area contributed by atoms with Gasteiger partial charge < -0.3 is 25.0 Å². The lowest BCUT2D eigenvalue weighted by atomic mass is 10.1. The highest BCUT2D eigenvalue weighted by Crippen LogP contribution is 2.24. The molecule has 0 aromatic heterocycles. The minimum Gasteiger partial charge on any atom is -0.508 e. The smallest absolute Gasteiger partial charge is 0.256 e. The van der Waals surface area contributed by atoms with Crippen LogP contribution in [0, 0.1) is 0 Å². The van der Waals surface area contributed by atoms with Gasteiger partial charge >= 0.3 is 0 Å². The number of para-hydroxylation sites is 1. The SMILES string of the molecule is O=C(c1ccc(O)cc1NCCN1CCN(c2ccccc2)CC1)N1CCOCC1. The molecule has 1 amide bonds. The number of hydrogen-bond acceptors (Lipinski definition) is 6. The highest BCUT2D eigenvalue weighted by Gasteiger charge is 2.22. The van der Waals surface area contributed by atoms with Crippen molar-refractivity contribution in [2.24, 2.45) is 0 Å². The molecule has 2 heterocycles. The molecule has 2 fully saturated rings. The zero-order valence-electron chi connectivity index (χ0n) is 17.3. The Balaban J connectivity index is 1.30. The van der Waals surface area contributed by atoms with Crippen LogP contribution in [0.3, 0.4) is 0 Å². The van der Waals surface area contributed by atoms with Crippen LogP contribution in [-0.2, 0) is 4.74 Å². The molecule has 2 aliphatic heterocycles. The molecule has 0 spiro atoms. The Morgan fingerprint density at radius 1 is 0.967 bits per heavy atom. The van der Waals surface area contributed by atoms with Crippen molar-refractivity contribution in [3.63, 3.8) is 0 Å². The van der Waals surface area contributed by atoms with Gasteiger partial charge in [0.1, 0.15) is 5.75 Å². The molecular formula is C23H30N4O3. The normalized spacial score (nSPS) is 17.7. The van der Waals surface area contributed by atoms with Gasteiger partial charge in [-0.1, -0.05) is 18.2 Å². The maximum absolute atomic E-state index is 12.9. The Morgan fingerprint density at radius 3 is 2.43 bits per heavy atom. The lowest BCUT2D eigenvalue weighted by Gasteiger charge is -2.36. The van der Waals surface area contributed by atoms with Crippen LogP contribution < -0.4 is 10.2 Å². The Morgan fingerprint density at radius 2 is 1.70 bits per heavy atom. The summed E-state index contributed by atoms with van der Waals surface area (Å²) < 4.78 is 5.34. The molecule has 2 aromatic carbocycles. The minimum absolute atomic E-state index is 0.0164. The molecule has 0 bridgehead atoms. The molecular weight excluding hydrogens is 380 g/mol. The average Bonchev–Trinajstić information content (AvgIpc) is 2.80. The molecule has 0 radical (unpaired) electrons. The van der Waals surface area contributed by atoms with Crippen molar-refractivity contribution in [3.05, 3.63) is 54.1 Å². The van der Waals surface area contributed by atoms with E-state index in [1.165, 1.54) is 5.69 Å². The van der Waals surface area contributed by atoms with Crippen molar-refractivity contribution in [3.8, 4) is 5.75 Å². The number of nitrogens with zero attached hydrogens (tertiary/aromatic N) is 3. The summed E-state index contributed by atoms with van der Waals surface area (Å²) >= 11 is 0. The zero-order chi connectivity index (χ0) is 20.8. The van der Waals surface area contributed by atoms with Gasteiger partial charge in [-0.05, 0) is 24.3 Å². The number of rotatable bonds is 6. The number of aromatic hydroxyl groups is 1. The first-order chi connectivity index (χ1) is 14.7. The standard InChI is InChI=1S/C23H30N4O3/c28-20-6-7-21(23(29)27-14-16-30-17-15-27)22(18-20)24-8-9-25-10-12-26(13-11-25)19-4-2-1-3-5-19/h1-7,18,24,28H,8-17H2. The van der Waals surface area contributed by atoms with Crippen molar-refractivity contribution in [1.29, 1.82) is 0 Å². The number of ether oxygens (including phenoxy) is 1. The summed E-state index contributed by atoms with van der Waals surface area (Å²) in [5.74, 6) is 0.143. The van der Waals surface area contributed by atoms with E-state index in [9.17, 15) is 9.90 Å². The van der Waals surface area contributed by atoms with Gasteiger partial charge in [0.05, 0.1) is 24.5 Å². The van der Waals surface area contributed by atoms with Gasteiger partial charge in [0.2, 0.25) is 0 Å². The van der Waals surface area contributed by atoms with E-state index < -0.39 is 0 Å². The molecule has 4 rings (SSSR count). The quantitative estimate of drug-likeness (QED) is 0.760. The van der Waals surface area contributed by atoms with Crippen LogP contribution in [-0.4, -0.2) is 86.4 Å². The van der Waals surface area contributed by atoms with E-state index in [-0.39, 0.29) is 11.7 Å². The molecule has 0 atom stereocenters. The van der Waals surface area contributed by atoms with Gasteiger partial charge in [0.15, 0.2) is 0 Å². The fourth-order valence-corrected chi connectivity index (χ4v) is 4.02. The largest absolute Gasteiger partial charge is 0.508 e. The van der Waals surface area contributed by atoms with E-state index in [0.29, 0.717) is 37.6 Å². The number of carbonyl (C=O) groups is 1. The molecule has 7 heteroatoms. The lowest BCUT2D eigenvalue weighted by molar-refractivity contribution is 0.0303. The maximum atomic E-state index is 12.9. The number of morpholine rings is 1. The number of phenols is 1. The molecule has 0 saturated carbocycles. The van der Waals surface area contributed by atoms with Crippen LogP contribution in [0.4, 0.5) is 11.4 Å². The van der Waals surface area contributed by atoms with Crippen molar-refractivity contribution in [1.82, 2.24) is 9.80 Å². The lowest BCUT2D eigenvalue weighted by Crippen LogP contribution is -2.47. The van der Waals surface area contributed by atoms with Crippen molar-refractivity contribution >= 4 is 17.3 Å². The van der Waals surface area contributed by atoms with E-state index >= 15 is 0 Å². The van der Waals surface area contributed by atoms with Crippen molar-refractivity contribution in [2.45, 2.75) is 0 Å².